The van der Waals surface area contributed by atoms with E-state index in [0.717, 1.165) is 35.8 Å². The second kappa shape index (κ2) is 17.2. The highest BCUT2D eigenvalue weighted by molar-refractivity contribution is 7.91. The van der Waals surface area contributed by atoms with E-state index in [0.29, 0.717) is 55.6 Å². The lowest BCUT2D eigenvalue weighted by Gasteiger charge is -2.26. The molecule has 2 heterocycles. The number of sulfonamides is 1. The molecule has 13 nitrogen and oxygen atoms in total. The summed E-state index contributed by atoms with van der Waals surface area (Å²) in [6.45, 7) is 6.59. The average molecular weight is 798 g/mol. The maximum absolute atomic E-state index is 14.6. The summed E-state index contributed by atoms with van der Waals surface area (Å²) in [5.41, 5.74) is 1.61. The summed E-state index contributed by atoms with van der Waals surface area (Å²) in [7, 11) is -3.89. The van der Waals surface area contributed by atoms with E-state index in [1.807, 2.05) is 67.7 Å². The average Bonchev–Trinajstić information content (AvgIpc) is 4.14. The quantitative estimate of drug-likeness (QED) is 0.214. The van der Waals surface area contributed by atoms with E-state index in [2.05, 4.69) is 26.9 Å². The van der Waals surface area contributed by atoms with Crippen molar-refractivity contribution < 1.29 is 37.1 Å². The summed E-state index contributed by atoms with van der Waals surface area (Å²) >= 11 is 0. The van der Waals surface area contributed by atoms with Crippen LogP contribution in [-0.2, 0) is 29.1 Å². The van der Waals surface area contributed by atoms with Gasteiger partial charge in [0.2, 0.25) is 15.9 Å². The Morgan fingerprint density at radius 2 is 1.86 bits per heavy atom. The fourth-order valence-electron chi connectivity index (χ4n) is 8.00. The molecule has 6 atom stereocenters. The molecule has 0 spiro atoms. The van der Waals surface area contributed by atoms with E-state index in [9.17, 15) is 27.6 Å². The maximum atomic E-state index is 14.6. The molecule has 1 unspecified atom stereocenters. The molecule has 1 aliphatic heterocycles. The molecule has 4 bridgehead atoms. The molecule has 14 heteroatoms. The van der Waals surface area contributed by atoms with E-state index >= 15 is 0 Å². The zero-order valence-electron chi connectivity index (χ0n) is 32.3. The summed E-state index contributed by atoms with van der Waals surface area (Å²) in [6, 6.07) is 16.5. The van der Waals surface area contributed by atoms with E-state index < -0.39 is 68.6 Å². The molecule has 3 fully saturated rings. The first-order valence-corrected chi connectivity index (χ1v) is 21.7. The number of alkyl carbamates (subject to hydrolysis) is 1. The molecule has 4 aliphatic rings. The van der Waals surface area contributed by atoms with Gasteiger partial charge in [0.15, 0.2) is 5.78 Å². The SMILES string of the molecule is C=C[C@@H]1C[C@]1(NC(=O)[C@H]1C[C@H]2CC1C(=O)[C@H](CCCC)NC(=O)OCCCCCN=Cc1ccc3nc(-c4ccccc4)cc(c3c1)O2)C(=O)NS(=O)(=O)C1CC1. The van der Waals surface area contributed by atoms with Crippen LogP contribution in [0.1, 0.15) is 83.1 Å². The highest BCUT2D eigenvalue weighted by Crippen LogP contribution is 2.47. The van der Waals surface area contributed by atoms with Crippen molar-refractivity contribution in [2.75, 3.05) is 13.2 Å². The van der Waals surface area contributed by atoms with E-state index in [1.165, 1.54) is 6.08 Å². The number of pyridine rings is 1. The standard InChI is InChI=1S/C43H51N5O8S/c1-3-5-14-36-39(49)32-22-30(23-33(32)40(50)47-43(25-29(43)4-2)41(51)48-57(53,54)31-16-17-31)56-38-24-37(28-12-8-6-9-13-28)45-35-18-15-27(21-34(35)38)26-44-19-10-7-11-20-55-42(52)46-36/h4,6,8-9,12-13,15,18,21,24,26,29-33,36H,2-3,5,7,10-11,14,16-17,19-20,22-23,25H2,1H3,(H,46,52)(H,47,50)(H,48,51)/t29-,30-,32?,33+,36+,43-/m1/s1. The highest BCUT2D eigenvalue weighted by Gasteiger charge is 2.62. The second-order valence-corrected chi connectivity index (χ2v) is 17.7. The number of aromatic nitrogens is 1. The second-order valence-electron chi connectivity index (χ2n) is 15.7. The number of hydrogen-bond acceptors (Lipinski definition) is 10. The number of aliphatic imine (C=N–C) groups is 1. The first-order valence-electron chi connectivity index (χ1n) is 20.2. The highest BCUT2D eigenvalue weighted by atomic mass is 32.2. The zero-order valence-corrected chi connectivity index (χ0v) is 33.1. The Hall–Kier alpha value is -5.11. The van der Waals surface area contributed by atoms with Crippen LogP contribution in [0.5, 0.6) is 5.75 Å². The Morgan fingerprint density at radius 1 is 1.05 bits per heavy atom. The van der Waals surface area contributed by atoms with Crippen molar-refractivity contribution in [3.63, 3.8) is 0 Å². The van der Waals surface area contributed by atoms with Gasteiger partial charge in [0.25, 0.3) is 5.91 Å². The number of nitrogens with one attached hydrogen (secondary N) is 3. The van der Waals surface area contributed by atoms with Crippen molar-refractivity contribution >= 4 is 50.8 Å². The van der Waals surface area contributed by atoms with Crippen LogP contribution in [0.3, 0.4) is 0 Å². The molecule has 302 valence electrons. The summed E-state index contributed by atoms with van der Waals surface area (Å²) in [6.07, 6.45) is 7.41. The van der Waals surface area contributed by atoms with Crippen molar-refractivity contribution in [2.45, 2.75) is 100 Å². The third-order valence-corrected chi connectivity index (χ3v) is 13.3. The van der Waals surface area contributed by atoms with Crippen molar-refractivity contribution in [2.24, 2.45) is 22.7 Å². The minimum Gasteiger partial charge on any atom is -0.490 e. The normalized spacial score (nSPS) is 26.8. The molecule has 1 aromatic heterocycles. The fourth-order valence-corrected chi connectivity index (χ4v) is 9.36. The van der Waals surface area contributed by atoms with Gasteiger partial charge in [-0.05, 0) is 75.5 Å². The van der Waals surface area contributed by atoms with E-state index in [4.69, 9.17) is 14.5 Å². The number of rotatable bonds is 10. The van der Waals surface area contributed by atoms with Crippen LogP contribution in [0.4, 0.5) is 4.79 Å². The van der Waals surface area contributed by atoms with Gasteiger partial charge in [-0.3, -0.25) is 24.1 Å². The lowest BCUT2D eigenvalue weighted by Crippen LogP contribution is -2.54. The third kappa shape index (κ3) is 9.22. The molecule has 7 rings (SSSR count). The predicted molar refractivity (Wildman–Crippen MR) is 216 cm³/mol. The number of Topliss-reactive ketones (excluding diaryl/α,β-unsaturated/α-hetero) is 1. The van der Waals surface area contributed by atoms with Crippen LogP contribution >= 0.6 is 0 Å². The lowest BCUT2D eigenvalue weighted by molar-refractivity contribution is -0.136. The minimum atomic E-state index is -3.89. The smallest absolute Gasteiger partial charge is 0.407 e. The molecule has 3 amide bonds. The van der Waals surface area contributed by atoms with Crippen LogP contribution in [0.15, 0.2) is 72.2 Å². The van der Waals surface area contributed by atoms with Crippen molar-refractivity contribution in [1.29, 1.82) is 0 Å². The molecule has 2 aromatic carbocycles. The molecule has 0 saturated heterocycles. The summed E-state index contributed by atoms with van der Waals surface area (Å²) < 4.78 is 40.1. The van der Waals surface area contributed by atoms with Gasteiger partial charge >= 0.3 is 6.09 Å². The number of carbonyl (C=O) groups excluding carboxylic acids is 4. The monoisotopic (exact) mass is 797 g/mol. The number of carbonyl (C=O) groups is 4. The first-order chi connectivity index (χ1) is 27.5. The molecule has 0 radical (unpaired) electrons. The van der Waals surface area contributed by atoms with Gasteiger partial charge in [-0.15, -0.1) is 6.58 Å². The molecule has 3 N–H and O–H groups in total. The molecule has 57 heavy (non-hydrogen) atoms. The van der Waals surface area contributed by atoms with Gasteiger partial charge in [0, 0.05) is 41.6 Å². The number of ketones is 1. The van der Waals surface area contributed by atoms with Crippen LogP contribution in [0.2, 0.25) is 0 Å². The van der Waals surface area contributed by atoms with Crippen LogP contribution < -0.4 is 20.1 Å². The Morgan fingerprint density at radius 3 is 2.60 bits per heavy atom. The van der Waals surface area contributed by atoms with Crippen molar-refractivity contribution in [3.8, 4) is 17.0 Å². The Balaban J connectivity index is 1.24. The van der Waals surface area contributed by atoms with Crippen LogP contribution in [-0.4, -0.2) is 79.4 Å². The van der Waals surface area contributed by atoms with E-state index in [-0.39, 0.29) is 31.7 Å². The predicted octanol–water partition coefficient (Wildman–Crippen LogP) is 5.80. The fraction of sp³-hybridized carbons (Fsp3) is 0.488. The Labute approximate surface area is 333 Å². The number of unbranched alkanes of at least 4 members (excludes halogenated alkanes) is 1. The molecular formula is C43H51N5O8S. The third-order valence-electron chi connectivity index (χ3n) is 11.5. The van der Waals surface area contributed by atoms with Crippen molar-refractivity contribution in [1.82, 2.24) is 20.3 Å². The van der Waals surface area contributed by atoms with Gasteiger partial charge in [0.1, 0.15) is 17.4 Å². The van der Waals surface area contributed by atoms with Crippen molar-refractivity contribution in [3.05, 3.63) is 72.8 Å². The Kier molecular flexibility index (Phi) is 12.1. The number of benzene rings is 2. The summed E-state index contributed by atoms with van der Waals surface area (Å²) in [4.78, 5) is 65.3. The zero-order chi connectivity index (χ0) is 40.2. The number of fused-ring (bicyclic) bond motifs is 3. The Bertz CT molecular complexity index is 2160. The molecule has 3 saturated carbocycles. The largest absolute Gasteiger partial charge is 0.490 e. The topological polar surface area (TPSA) is 182 Å². The van der Waals surface area contributed by atoms with Gasteiger partial charge in [-0.1, -0.05) is 62.2 Å². The van der Waals surface area contributed by atoms with E-state index in [1.54, 1.807) is 0 Å². The lowest BCUT2D eigenvalue weighted by atomic mass is 9.86. The summed E-state index contributed by atoms with van der Waals surface area (Å²) in [5.74, 6) is -3.54. The van der Waals surface area contributed by atoms with Gasteiger partial charge < -0.3 is 20.1 Å². The number of ether oxygens (including phenoxy) is 2. The van der Waals surface area contributed by atoms with Gasteiger partial charge in [0.05, 0.1) is 35.0 Å². The first kappa shape index (κ1) is 40.1. The minimum absolute atomic E-state index is 0.121. The molecule has 3 aliphatic carbocycles. The molecular weight excluding hydrogens is 747 g/mol. The van der Waals surface area contributed by atoms with Crippen LogP contribution in [0.25, 0.3) is 22.2 Å². The molecule has 3 aromatic rings. The maximum Gasteiger partial charge on any atom is 0.407 e. The number of hydrogen-bond donors (Lipinski definition) is 3. The van der Waals surface area contributed by atoms with Gasteiger partial charge in [-0.2, -0.15) is 0 Å². The number of nitrogens with zero attached hydrogens (tertiary/aromatic N) is 2. The van der Waals surface area contributed by atoms with Crippen LogP contribution in [0, 0.1) is 17.8 Å². The summed E-state index contributed by atoms with van der Waals surface area (Å²) in [5, 5.41) is 5.78. The number of amides is 3. The van der Waals surface area contributed by atoms with Gasteiger partial charge in [-0.25, -0.2) is 18.2 Å². The number of cyclic esters (lactones) is 1.